The van der Waals surface area contributed by atoms with Crippen molar-refractivity contribution in [1.29, 1.82) is 0 Å². The fourth-order valence-corrected chi connectivity index (χ4v) is 2.82. The second-order valence-corrected chi connectivity index (χ2v) is 6.06. The number of nitrogens with one attached hydrogen (secondary N) is 1. The molecule has 0 aromatic carbocycles. The summed E-state index contributed by atoms with van der Waals surface area (Å²) >= 11 is 0. The smallest absolute Gasteiger partial charge is 0.276 e. The molecule has 1 N–H and O–H groups in total. The number of hydrogen-bond acceptors (Lipinski definition) is 5. The van der Waals surface area contributed by atoms with E-state index < -0.39 is 0 Å². The normalized spacial score (nSPS) is 21.7. The number of hydrogen-bond donors (Lipinski definition) is 1. The molecule has 1 atom stereocenters. The molecule has 1 amide bonds. The number of aromatic nitrogens is 1. The Balaban J connectivity index is 1.65. The molecular weight excluding hydrogens is 270 g/mol. The Morgan fingerprint density at radius 2 is 2.33 bits per heavy atom. The lowest BCUT2D eigenvalue weighted by Crippen LogP contribution is -2.42. The summed E-state index contributed by atoms with van der Waals surface area (Å²) in [5, 5.41) is 7.35. The molecule has 0 spiro atoms. The summed E-state index contributed by atoms with van der Waals surface area (Å²) in [5.41, 5.74) is 0.390. The molecule has 1 saturated carbocycles. The van der Waals surface area contributed by atoms with E-state index in [4.69, 9.17) is 9.26 Å². The lowest BCUT2D eigenvalue weighted by molar-refractivity contribution is 0.0722. The van der Waals surface area contributed by atoms with E-state index in [9.17, 15) is 4.79 Å². The second kappa shape index (κ2) is 6.58. The van der Waals surface area contributed by atoms with E-state index >= 15 is 0 Å². The first-order valence-electron chi connectivity index (χ1n) is 7.73. The topological polar surface area (TPSA) is 67.6 Å². The van der Waals surface area contributed by atoms with Crippen LogP contribution in [0.25, 0.3) is 0 Å². The fraction of sp³-hybridized carbons (Fsp3) is 0.733. The van der Waals surface area contributed by atoms with E-state index in [0.717, 1.165) is 26.1 Å². The van der Waals surface area contributed by atoms with Crippen LogP contribution in [0.15, 0.2) is 10.6 Å². The largest absolute Gasteiger partial charge is 0.377 e. The van der Waals surface area contributed by atoms with Crippen LogP contribution in [0.3, 0.4) is 0 Å². The summed E-state index contributed by atoms with van der Waals surface area (Å²) in [5.74, 6) is 1.23. The molecule has 1 unspecified atom stereocenters. The Hall–Kier alpha value is -1.40. The third-order valence-electron chi connectivity index (χ3n) is 4.13. The molecule has 116 valence electrons. The average molecular weight is 293 g/mol. The number of amides is 1. The van der Waals surface area contributed by atoms with Crippen LogP contribution in [0.2, 0.25) is 0 Å². The van der Waals surface area contributed by atoms with Gasteiger partial charge in [-0.3, -0.25) is 4.79 Å². The minimum atomic E-state index is -0.0262. The second-order valence-electron chi connectivity index (χ2n) is 6.06. The van der Waals surface area contributed by atoms with Crippen molar-refractivity contribution in [3.05, 3.63) is 17.5 Å². The first-order chi connectivity index (χ1) is 10.3. The molecule has 0 radical (unpaired) electrons. The van der Waals surface area contributed by atoms with Crippen molar-refractivity contribution >= 4 is 5.91 Å². The molecule has 1 aliphatic heterocycles. The standard InChI is InChI=1S/C15H23N3O3/c1-20-10-13-7-14(17-21-13)15(19)18(8-11-4-5-11)9-12-3-2-6-16-12/h7,11-12,16H,2-6,8-10H2,1H3. The van der Waals surface area contributed by atoms with Crippen molar-refractivity contribution in [2.45, 2.75) is 38.3 Å². The first kappa shape index (κ1) is 14.5. The third kappa shape index (κ3) is 3.83. The zero-order chi connectivity index (χ0) is 14.7. The Kier molecular flexibility index (Phi) is 4.55. The summed E-state index contributed by atoms with van der Waals surface area (Å²) in [6, 6.07) is 2.10. The molecule has 2 fully saturated rings. The summed E-state index contributed by atoms with van der Waals surface area (Å²) in [6.07, 6.45) is 4.80. The highest BCUT2D eigenvalue weighted by atomic mass is 16.5. The first-order valence-corrected chi connectivity index (χ1v) is 7.73. The van der Waals surface area contributed by atoms with Crippen molar-refractivity contribution in [3.63, 3.8) is 0 Å². The summed E-state index contributed by atoms with van der Waals surface area (Å²) in [4.78, 5) is 14.6. The summed E-state index contributed by atoms with van der Waals surface area (Å²) in [7, 11) is 1.59. The highest BCUT2D eigenvalue weighted by Gasteiger charge is 2.30. The fourth-order valence-electron chi connectivity index (χ4n) is 2.82. The maximum atomic E-state index is 12.6. The molecule has 1 aliphatic carbocycles. The van der Waals surface area contributed by atoms with Gasteiger partial charge in [0, 0.05) is 32.3 Å². The Labute approximate surface area is 124 Å². The lowest BCUT2D eigenvalue weighted by Gasteiger charge is -2.25. The molecule has 6 heteroatoms. The van der Waals surface area contributed by atoms with Gasteiger partial charge in [0.25, 0.3) is 5.91 Å². The predicted octanol–water partition coefficient (Wildman–Crippen LogP) is 1.43. The van der Waals surface area contributed by atoms with Gasteiger partial charge in [-0.1, -0.05) is 5.16 Å². The van der Waals surface area contributed by atoms with E-state index in [1.165, 1.54) is 19.3 Å². The van der Waals surface area contributed by atoms with Crippen LogP contribution in [-0.4, -0.2) is 48.7 Å². The van der Waals surface area contributed by atoms with Crippen LogP contribution >= 0.6 is 0 Å². The molecule has 0 bridgehead atoms. The molecule has 1 saturated heterocycles. The molecule has 3 rings (SSSR count). The number of carbonyl (C=O) groups is 1. The van der Waals surface area contributed by atoms with E-state index in [1.54, 1.807) is 13.2 Å². The highest BCUT2D eigenvalue weighted by molar-refractivity contribution is 5.92. The zero-order valence-electron chi connectivity index (χ0n) is 12.5. The van der Waals surface area contributed by atoms with Crippen molar-refractivity contribution in [2.75, 3.05) is 26.7 Å². The van der Waals surface area contributed by atoms with Crippen LogP contribution in [-0.2, 0) is 11.3 Å². The molecule has 21 heavy (non-hydrogen) atoms. The molecule has 1 aromatic heterocycles. The predicted molar refractivity (Wildman–Crippen MR) is 76.9 cm³/mol. The summed E-state index contributed by atoms with van der Waals surface area (Å²) < 4.78 is 10.1. The number of carbonyl (C=O) groups excluding carboxylic acids is 1. The van der Waals surface area contributed by atoms with Crippen LogP contribution in [0.1, 0.15) is 41.9 Å². The highest BCUT2D eigenvalue weighted by Crippen LogP contribution is 2.30. The van der Waals surface area contributed by atoms with E-state index in [0.29, 0.717) is 30.0 Å². The Morgan fingerprint density at radius 3 is 3.00 bits per heavy atom. The van der Waals surface area contributed by atoms with E-state index in [1.807, 2.05) is 4.90 Å². The monoisotopic (exact) mass is 293 g/mol. The van der Waals surface area contributed by atoms with Crippen molar-refractivity contribution < 1.29 is 14.1 Å². The number of nitrogens with zero attached hydrogens (tertiary/aromatic N) is 2. The number of methoxy groups -OCH3 is 1. The molecule has 6 nitrogen and oxygen atoms in total. The maximum Gasteiger partial charge on any atom is 0.276 e. The van der Waals surface area contributed by atoms with Gasteiger partial charge in [-0.05, 0) is 38.1 Å². The lowest BCUT2D eigenvalue weighted by atomic mass is 10.2. The van der Waals surface area contributed by atoms with E-state index in [2.05, 4.69) is 10.5 Å². The van der Waals surface area contributed by atoms with Crippen LogP contribution in [0.5, 0.6) is 0 Å². The number of ether oxygens (including phenoxy) is 1. The Morgan fingerprint density at radius 1 is 1.48 bits per heavy atom. The van der Waals surface area contributed by atoms with E-state index in [-0.39, 0.29) is 5.91 Å². The minimum Gasteiger partial charge on any atom is -0.377 e. The van der Waals surface area contributed by atoms with Gasteiger partial charge in [-0.2, -0.15) is 0 Å². The maximum absolute atomic E-state index is 12.6. The van der Waals surface area contributed by atoms with Gasteiger partial charge in [0.05, 0.1) is 0 Å². The Bertz CT molecular complexity index is 478. The number of rotatable bonds is 7. The zero-order valence-corrected chi connectivity index (χ0v) is 12.5. The van der Waals surface area contributed by atoms with Crippen molar-refractivity contribution in [1.82, 2.24) is 15.4 Å². The molecule has 2 heterocycles. The molecule has 2 aliphatic rings. The van der Waals surface area contributed by atoms with Crippen molar-refractivity contribution in [3.8, 4) is 0 Å². The van der Waals surface area contributed by atoms with Gasteiger partial charge in [-0.25, -0.2) is 0 Å². The van der Waals surface area contributed by atoms with Crippen molar-refractivity contribution in [2.24, 2.45) is 5.92 Å². The van der Waals surface area contributed by atoms with Gasteiger partial charge < -0.3 is 19.5 Å². The van der Waals surface area contributed by atoms with Crippen LogP contribution < -0.4 is 5.32 Å². The van der Waals surface area contributed by atoms with Crippen LogP contribution in [0, 0.1) is 5.92 Å². The van der Waals surface area contributed by atoms with Gasteiger partial charge in [0.2, 0.25) is 0 Å². The van der Waals surface area contributed by atoms with Crippen LogP contribution in [0.4, 0.5) is 0 Å². The molecule has 1 aromatic rings. The van der Waals surface area contributed by atoms with Gasteiger partial charge in [-0.15, -0.1) is 0 Å². The van der Waals surface area contributed by atoms with Gasteiger partial charge >= 0.3 is 0 Å². The quantitative estimate of drug-likeness (QED) is 0.823. The van der Waals surface area contributed by atoms with Gasteiger partial charge in [0.1, 0.15) is 6.61 Å². The average Bonchev–Trinajstić information content (AvgIpc) is 2.96. The van der Waals surface area contributed by atoms with Gasteiger partial charge in [0.15, 0.2) is 11.5 Å². The summed E-state index contributed by atoms with van der Waals surface area (Å²) in [6.45, 7) is 3.00. The minimum absolute atomic E-state index is 0.0262. The molecular formula is C15H23N3O3. The third-order valence-corrected chi connectivity index (χ3v) is 4.13. The SMILES string of the molecule is COCc1cc(C(=O)N(CC2CC2)CC2CCCN2)no1.